The number of nitrogens with one attached hydrogen (secondary N) is 1. The molecule has 1 saturated heterocycles. The van der Waals surface area contributed by atoms with Crippen molar-refractivity contribution in [1.82, 2.24) is 10.2 Å². The van der Waals surface area contributed by atoms with Crippen LogP contribution in [0.2, 0.25) is 0 Å². The molecule has 0 radical (unpaired) electrons. The summed E-state index contributed by atoms with van der Waals surface area (Å²) in [7, 11) is 0. The van der Waals surface area contributed by atoms with Gasteiger partial charge in [0.25, 0.3) is 0 Å². The summed E-state index contributed by atoms with van der Waals surface area (Å²) in [4.78, 5) is 7.13. The monoisotopic (exact) mass is 280 g/mol. The first-order valence-electron chi connectivity index (χ1n) is 7.93. The fourth-order valence-electron chi connectivity index (χ4n) is 2.66. The topological polar surface area (TPSA) is 53.6 Å². The van der Waals surface area contributed by atoms with Gasteiger partial charge in [-0.2, -0.15) is 0 Å². The van der Waals surface area contributed by atoms with E-state index in [1.165, 1.54) is 38.8 Å². The van der Waals surface area contributed by atoms with Crippen molar-refractivity contribution < 1.29 is 0 Å². The van der Waals surface area contributed by atoms with Crippen molar-refractivity contribution in [3.05, 3.63) is 12.2 Å². The Hall–Kier alpha value is -1.03. The van der Waals surface area contributed by atoms with Crippen LogP contribution in [0, 0.1) is 5.92 Å². The van der Waals surface area contributed by atoms with E-state index in [2.05, 4.69) is 35.6 Å². The van der Waals surface area contributed by atoms with Crippen LogP contribution in [0.3, 0.4) is 0 Å². The molecule has 0 aromatic heterocycles. The van der Waals surface area contributed by atoms with Crippen LogP contribution in [-0.2, 0) is 0 Å². The van der Waals surface area contributed by atoms with Crippen LogP contribution in [-0.4, -0.2) is 43.1 Å². The molecule has 0 aromatic rings. The molecule has 4 heteroatoms. The molecule has 1 aliphatic rings. The maximum Gasteiger partial charge on any atom is 0.188 e. The predicted octanol–water partition coefficient (Wildman–Crippen LogP) is 2.37. The Labute approximate surface area is 124 Å². The number of nitrogens with two attached hydrogens (primary N) is 1. The van der Waals surface area contributed by atoms with Gasteiger partial charge in [0, 0.05) is 12.6 Å². The van der Waals surface area contributed by atoms with Crippen molar-refractivity contribution in [3.63, 3.8) is 0 Å². The van der Waals surface area contributed by atoms with Gasteiger partial charge in [-0.3, -0.25) is 9.89 Å². The summed E-state index contributed by atoms with van der Waals surface area (Å²) < 4.78 is 0. The van der Waals surface area contributed by atoms with Gasteiger partial charge in [0.15, 0.2) is 5.96 Å². The van der Waals surface area contributed by atoms with Crippen molar-refractivity contribution in [2.75, 3.05) is 26.2 Å². The molecule has 0 aromatic carbocycles. The first-order chi connectivity index (χ1) is 9.50. The van der Waals surface area contributed by atoms with Crippen LogP contribution in [0.25, 0.3) is 0 Å². The van der Waals surface area contributed by atoms with Crippen LogP contribution < -0.4 is 11.1 Å². The first kappa shape index (κ1) is 17.0. The number of guanidine groups is 1. The van der Waals surface area contributed by atoms with Crippen molar-refractivity contribution >= 4 is 5.96 Å². The molecule has 3 N–H and O–H groups in total. The number of hydrogen-bond donors (Lipinski definition) is 2. The Morgan fingerprint density at radius 2 is 1.85 bits per heavy atom. The highest BCUT2D eigenvalue weighted by molar-refractivity contribution is 5.78. The van der Waals surface area contributed by atoms with Gasteiger partial charge in [-0.1, -0.05) is 38.8 Å². The highest BCUT2D eigenvalue weighted by atomic mass is 15.2. The Morgan fingerprint density at radius 3 is 2.35 bits per heavy atom. The molecule has 1 heterocycles. The summed E-state index contributed by atoms with van der Waals surface area (Å²) in [5.74, 6) is 1.14. The molecule has 0 amide bonds. The average molecular weight is 280 g/mol. The Morgan fingerprint density at radius 1 is 1.25 bits per heavy atom. The van der Waals surface area contributed by atoms with E-state index >= 15 is 0 Å². The minimum absolute atomic E-state index is 0.498. The van der Waals surface area contributed by atoms with Gasteiger partial charge in [0.05, 0.1) is 6.54 Å². The molecule has 4 nitrogen and oxygen atoms in total. The van der Waals surface area contributed by atoms with Crippen LogP contribution in [0.5, 0.6) is 0 Å². The Bertz CT molecular complexity index is 314. The average Bonchev–Trinajstić information content (AvgIpc) is 2.65. The van der Waals surface area contributed by atoms with Crippen LogP contribution in [0.15, 0.2) is 17.1 Å². The van der Waals surface area contributed by atoms with E-state index in [1.807, 2.05) is 6.92 Å². The maximum atomic E-state index is 5.91. The zero-order chi connectivity index (χ0) is 15.0. The van der Waals surface area contributed by atoms with E-state index in [4.69, 9.17) is 5.73 Å². The fourth-order valence-corrected chi connectivity index (χ4v) is 2.66. The summed E-state index contributed by atoms with van der Waals surface area (Å²) in [5.41, 5.74) is 6.98. The minimum Gasteiger partial charge on any atom is -0.370 e. The summed E-state index contributed by atoms with van der Waals surface area (Å²) >= 11 is 0. The van der Waals surface area contributed by atoms with Crippen LogP contribution >= 0.6 is 0 Å². The summed E-state index contributed by atoms with van der Waals surface area (Å²) in [6, 6.07) is 0.498. The third-order valence-electron chi connectivity index (χ3n) is 3.90. The SMILES string of the molecule is C=C(C)CNC(N)=NCC(C(C)C)N1CCCCCC1. The number of hydrogen-bond acceptors (Lipinski definition) is 2. The minimum atomic E-state index is 0.498. The third kappa shape index (κ3) is 6.42. The highest BCUT2D eigenvalue weighted by Crippen LogP contribution is 2.17. The Balaban J connectivity index is 2.53. The Kier molecular flexibility index (Phi) is 7.67. The summed E-state index contributed by atoms with van der Waals surface area (Å²) in [6.07, 6.45) is 5.37. The largest absolute Gasteiger partial charge is 0.370 e. The van der Waals surface area contributed by atoms with Gasteiger partial charge in [-0.25, -0.2) is 0 Å². The standard InChI is InChI=1S/C16H32N4/c1-13(2)11-18-16(17)19-12-15(14(3)4)20-9-7-5-6-8-10-20/h14-15H,1,5-12H2,2-4H3,(H3,17,18,19). The molecule has 20 heavy (non-hydrogen) atoms. The van der Waals surface area contributed by atoms with Crippen molar-refractivity contribution in [3.8, 4) is 0 Å². The number of likely N-dealkylation sites (tertiary alicyclic amines) is 1. The van der Waals surface area contributed by atoms with Crippen LogP contribution in [0.4, 0.5) is 0 Å². The molecule has 0 bridgehead atoms. The van der Waals surface area contributed by atoms with E-state index in [-0.39, 0.29) is 0 Å². The predicted molar refractivity (Wildman–Crippen MR) is 88.0 cm³/mol. The van der Waals surface area contributed by atoms with E-state index in [9.17, 15) is 0 Å². The molecular formula is C16H32N4. The molecule has 1 rings (SSSR count). The summed E-state index contributed by atoms with van der Waals surface area (Å²) in [6.45, 7) is 14.3. The van der Waals surface area contributed by atoms with Gasteiger partial charge in [-0.05, 0) is 38.8 Å². The lowest BCUT2D eigenvalue weighted by Crippen LogP contribution is -2.43. The zero-order valence-electron chi connectivity index (χ0n) is 13.5. The van der Waals surface area contributed by atoms with E-state index < -0.39 is 0 Å². The molecule has 0 aliphatic carbocycles. The van der Waals surface area contributed by atoms with Crippen molar-refractivity contribution in [2.45, 2.75) is 52.5 Å². The number of nitrogens with zero attached hydrogens (tertiary/aromatic N) is 2. The van der Waals surface area contributed by atoms with Crippen molar-refractivity contribution in [1.29, 1.82) is 0 Å². The lowest BCUT2D eigenvalue weighted by molar-refractivity contribution is 0.166. The maximum absolute atomic E-state index is 5.91. The molecule has 1 aliphatic heterocycles. The fraction of sp³-hybridized carbons (Fsp3) is 0.812. The number of aliphatic imine (C=N–C) groups is 1. The van der Waals surface area contributed by atoms with Gasteiger partial charge < -0.3 is 11.1 Å². The van der Waals surface area contributed by atoms with Gasteiger partial charge in [0.1, 0.15) is 0 Å². The van der Waals surface area contributed by atoms with Gasteiger partial charge in [-0.15, -0.1) is 0 Å². The smallest absolute Gasteiger partial charge is 0.188 e. The van der Waals surface area contributed by atoms with Gasteiger partial charge in [0.2, 0.25) is 0 Å². The molecule has 1 unspecified atom stereocenters. The normalized spacial score (nSPS) is 19.7. The highest BCUT2D eigenvalue weighted by Gasteiger charge is 2.22. The van der Waals surface area contributed by atoms with E-state index in [0.717, 1.165) is 12.1 Å². The zero-order valence-corrected chi connectivity index (χ0v) is 13.5. The molecular weight excluding hydrogens is 248 g/mol. The molecule has 1 fully saturated rings. The second-order valence-electron chi connectivity index (χ2n) is 6.30. The molecule has 0 spiro atoms. The van der Waals surface area contributed by atoms with E-state index in [1.54, 1.807) is 0 Å². The first-order valence-corrected chi connectivity index (χ1v) is 7.93. The molecule has 1 atom stereocenters. The lowest BCUT2D eigenvalue weighted by atomic mass is 10.0. The second kappa shape index (κ2) is 9.01. The quantitative estimate of drug-likeness (QED) is 0.446. The second-order valence-corrected chi connectivity index (χ2v) is 6.30. The lowest BCUT2D eigenvalue weighted by Gasteiger charge is -2.32. The van der Waals surface area contributed by atoms with Crippen molar-refractivity contribution in [2.24, 2.45) is 16.6 Å². The van der Waals surface area contributed by atoms with Gasteiger partial charge >= 0.3 is 0 Å². The third-order valence-corrected chi connectivity index (χ3v) is 3.90. The molecule has 0 saturated carbocycles. The number of rotatable bonds is 6. The van der Waals surface area contributed by atoms with Crippen LogP contribution in [0.1, 0.15) is 46.5 Å². The molecule has 116 valence electrons. The summed E-state index contributed by atoms with van der Waals surface area (Å²) in [5, 5.41) is 3.10. The van der Waals surface area contributed by atoms with E-state index in [0.29, 0.717) is 24.5 Å².